The first kappa shape index (κ1) is 14.3. The number of hydrogen-bond donors (Lipinski definition) is 3. The van der Waals surface area contributed by atoms with E-state index in [1.807, 2.05) is 0 Å². The number of piperazine rings is 1. The number of benzene rings is 1. The molecule has 0 radical (unpaired) electrons. The molecule has 0 bridgehead atoms. The first-order valence-corrected chi connectivity index (χ1v) is 6.34. The van der Waals surface area contributed by atoms with Gasteiger partial charge >= 0.3 is 0 Å². The summed E-state index contributed by atoms with van der Waals surface area (Å²) >= 11 is 0. The van der Waals surface area contributed by atoms with Gasteiger partial charge in [-0.3, -0.25) is 14.5 Å². The summed E-state index contributed by atoms with van der Waals surface area (Å²) in [5.74, 6) is -0.878. The van der Waals surface area contributed by atoms with E-state index in [-0.39, 0.29) is 24.0 Å². The zero-order valence-electron chi connectivity index (χ0n) is 11.1. The zero-order chi connectivity index (χ0) is 14.7. The van der Waals surface area contributed by atoms with Crippen LogP contribution in [-0.2, 0) is 9.59 Å². The molecule has 1 saturated heterocycles. The Labute approximate surface area is 116 Å². The lowest BCUT2D eigenvalue weighted by molar-refractivity contribution is -0.127. The van der Waals surface area contributed by atoms with E-state index in [2.05, 4.69) is 10.6 Å². The molecule has 1 fully saturated rings. The van der Waals surface area contributed by atoms with Crippen LogP contribution in [0.5, 0.6) is 0 Å². The lowest BCUT2D eigenvalue weighted by Gasteiger charge is -2.31. The highest BCUT2D eigenvalue weighted by Gasteiger charge is 2.25. The first-order valence-electron chi connectivity index (χ1n) is 6.34. The van der Waals surface area contributed by atoms with Crippen molar-refractivity contribution in [2.75, 3.05) is 30.7 Å². The summed E-state index contributed by atoms with van der Waals surface area (Å²) in [5.41, 5.74) is 5.86. The molecule has 1 aliphatic heterocycles. The minimum absolute atomic E-state index is 0.0206. The van der Waals surface area contributed by atoms with Crippen molar-refractivity contribution in [3.05, 3.63) is 24.0 Å². The third-order valence-corrected chi connectivity index (χ3v) is 3.26. The van der Waals surface area contributed by atoms with Crippen LogP contribution in [0.25, 0.3) is 0 Å². The van der Waals surface area contributed by atoms with E-state index in [0.717, 1.165) is 0 Å². The van der Waals surface area contributed by atoms with Gasteiger partial charge < -0.3 is 16.4 Å². The van der Waals surface area contributed by atoms with E-state index in [1.54, 1.807) is 11.8 Å². The van der Waals surface area contributed by atoms with Crippen LogP contribution in [-0.4, -0.2) is 42.4 Å². The molecule has 4 N–H and O–H groups in total. The molecular weight excluding hydrogens is 263 g/mol. The second kappa shape index (κ2) is 5.87. The average molecular weight is 280 g/mol. The molecule has 0 spiro atoms. The number of nitrogen functional groups attached to an aromatic ring is 1. The highest BCUT2D eigenvalue weighted by atomic mass is 19.1. The fourth-order valence-electron chi connectivity index (χ4n) is 2.02. The van der Waals surface area contributed by atoms with Crippen LogP contribution in [0.15, 0.2) is 18.2 Å². The van der Waals surface area contributed by atoms with Gasteiger partial charge in [0, 0.05) is 18.8 Å². The van der Waals surface area contributed by atoms with Gasteiger partial charge in [-0.1, -0.05) is 0 Å². The van der Waals surface area contributed by atoms with Crippen LogP contribution >= 0.6 is 0 Å². The van der Waals surface area contributed by atoms with Crippen molar-refractivity contribution in [1.82, 2.24) is 10.2 Å². The number of nitrogens with two attached hydrogens (primary N) is 1. The van der Waals surface area contributed by atoms with Crippen LogP contribution in [0.4, 0.5) is 15.8 Å². The Bertz CT molecular complexity index is 535. The molecule has 20 heavy (non-hydrogen) atoms. The predicted octanol–water partition coefficient (Wildman–Crippen LogP) is 0.167. The smallest absolute Gasteiger partial charge is 0.241 e. The third-order valence-electron chi connectivity index (χ3n) is 3.26. The number of hydrogen-bond acceptors (Lipinski definition) is 4. The predicted molar refractivity (Wildman–Crippen MR) is 73.5 cm³/mol. The van der Waals surface area contributed by atoms with Crippen LogP contribution in [0.1, 0.15) is 6.92 Å². The highest BCUT2D eigenvalue weighted by Crippen LogP contribution is 2.17. The van der Waals surface area contributed by atoms with Crippen molar-refractivity contribution in [2.24, 2.45) is 0 Å². The largest absolute Gasteiger partial charge is 0.396 e. The number of halogens is 1. The van der Waals surface area contributed by atoms with Crippen molar-refractivity contribution >= 4 is 23.2 Å². The third kappa shape index (κ3) is 3.24. The van der Waals surface area contributed by atoms with Crippen LogP contribution in [0, 0.1) is 5.82 Å². The molecule has 1 heterocycles. The number of nitrogens with zero attached hydrogens (tertiary/aromatic N) is 1. The highest BCUT2D eigenvalue weighted by molar-refractivity contribution is 5.95. The molecule has 1 unspecified atom stereocenters. The Morgan fingerprint density at radius 2 is 2.30 bits per heavy atom. The topological polar surface area (TPSA) is 87.5 Å². The standard InChI is InChI=1S/C13H17FN4O2/c1-8(18-5-4-16-12(19)7-18)13(20)17-9-2-3-10(14)11(15)6-9/h2-3,6,8H,4-5,7,15H2,1H3,(H,16,19)(H,17,20). The van der Waals surface area contributed by atoms with Gasteiger partial charge in [-0.2, -0.15) is 0 Å². The van der Waals surface area contributed by atoms with E-state index < -0.39 is 11.9 Å². The molecular formula is C13H17FN4O2. The maximum atomic E-state index is 13.0. The van der Waals surface area contributed by atoms with E-state index in [1.165, 1.54) is 18.2 Å². The second-order valence-corrected chi connectivity index (χ2v) is 4.72. The second-order valence-electron chi connectivity index (χ2n) is 4.72. The fraction of sp³-hybridized carbons (Fsp3) is 0.385. The summed E-state index contributed by atoms with van der Waals surface area (Å²) in [6.45, 7) is 3.06. The summed E-state index contributed by atoms with van der Waals surface area (Å²) in [5, 5.41) is 5.36. The van der Waals surface area contributed by atoms with Gasteiger partial charge in [-0.25, -0.2) is 4.39 Å². The van der Waals surface area contributed by atoms with Crippen molar-refractivity contribution in [1.29, 1.82) is 0 Å². The number of anilines is 2. The number of nitrogens with one attached hydrogen (secondary N) is 2. The molecule has 0 aromatic heterocycles. The lowest BCUT2D eigenvalue weighted by Crippen LogP contribution is -2.53. The zero-order valence-corrected chi connectivity index (χ0v) is 11.1. The molecule has 108 valence electrons. The Kier molecular flexibility index (Phi) is 4.19. The van der Waals surface area contributed by atoms with Gasteiger partial charge in [0.1, 0.15) is 5.82 Å². The fourth-order valence-corrected chi connectivity index (χ4v) is 2.02. The number of rotatable bonds is 3. The molecule has 0 aliphatic carbocycles. The molecule has 1 atom stereocenters. The van der Waals surface area contributed by atoms with Gasteiger partial charge in [0.15, 0.2) is 0 Å². The van der Waals surface area contributed by atoms with Gasteiger partial charge in [0.25, 0.3) is 0 Å². The average Bonchev–Trinajstić information content (AvgIpc) is 2.42. The summed E-state index contributed by atoms with van der Waals surface area (Å²) in [4.78, 5) is 25.2. The van der Waals surface area contributed by atoms with Gasteiger partial charge in [-0.05, 0) is 25.1 Å². The van der Waals surface area contributed by atoms with Crippen LogP contribution in [0.2, 0.25) is 0 Å². The Morgan fingerprint density at radius 3 is 2.95 bits per heavy atom. The normalized spacial score (nSPS) is 17.4. The molecule has 7 heteroatoms. The van der Waals surface area contributed by atoms with Gasteiger partial charge in [0.2, 0.25) is 11.8 Å². The molecule has 6 nitrogen and oxygen atoms in total. The molecule has 1 aliphatic rings. The molecule has 2 rings (SSSR count). The quantitative estimate of drug-likeness (QED) is 0.689. The van der Waals surface area contributed by atoms with Crippen molar-refractivity contribution in [3.8, 4) is 0 Å². The Balaban J connectivity index is 1.99. The number of carbonyl (C=O) groups is 2. The monoisotopic (exact) mass is 280 g/mol. The van der Waals surface area contributed by atoms with E-state index in [4.69, 9.17) is 5.73 Å². The number of amides is 2. The number of carbonyl (C=O) groups excluding carboxylic acids is 2. The summed E-state index contributed by atoms with van der Waals surface area (Å²) in [6, 6.07) is 3.55. The van der Waals surface area contributed by atoms with Crippen molar-refractivity contribution < 1.29 is 14.0 Å². The van der Waals surface area contributed by atoms with Gasteiger partial charge in [0.05, 0.1) is 18.3 Å². The Morgan fingerprint density at radius 1 is 1.55 bits per heavy atom. The Hall–Kier alpha value is -2.15. The minimum Gasteiger partial charge on any atom is -0.396 e. The van der Waals surface area contributed by atoms with E-state index in [9.17, 15) is 14.0 Å². The van der Waals surface area contributed by atoms with Gasteiger partial charge in [-0.15, -0.1) is 0 Å². The lowest BCUT2D eigenvalue weighted by atomic mass is 10.2. The molecule has 1 aromatic carbocycles. The minimum atomic E-state index is -0.524. The first-order chi connectivity index (χ1) is 9.47. The summed E-state index contributed by atoms with van der Waals surface area (Å²) in [6.07, 6.45) is 0. The summed E-state index contributed by atoms with van der Waals surface area (Å²) in [7, 11) is 0. The van der Waals surface area contributed by atoms with Crippen molar-refractivity contribution in [2.45, 2.75) is 13.0 Å². The van der Waals surface area contributed by atoms with E-state index in [0.29, 0.717) is 18.8 Å². The van der Waals surface area contributed by atoms with Crippen LogP contribution in [0.3, 0.4) is 0 Å². The van der Waals surface area contributed by atoms with Crippen molar-refractivity contribution in [3.63, 3.8) is 0 Å². The van der Waals surface area contributed by atoms with E-state index >= 15 is 0 Å². The maximum Gasteiger partial charge on any atom is 0.241 e. The summed E-state index contributed by atoms with van der Waals surface area (Å²) < 4.78 is 13.0. The maximum absolute atomic E-state index is 13.0. The molecule has 1 aromatic rings. The molecule has 0 saturated carbocycles. The molecule has 2 amide bonds. The van der Waals surface area contributed by atoms with Crippen LogP contribution < -0.4 is 16.4 Å². The SMILES string of the molecule is CC(C(=O)Nc1ccc(F)c(N)c1)N1CCNC(=O)C1.